The second-order valence-corrected chi connectivity index (χ2v) is 12.2. The van der Waals surface area contributed by atoms with E-state index in [4.69, 9.17) is 42.3 Å². The molecule has 214 valence electrons. The zero-order valence-electron chi connectivity index (χ0n) is 21.7. The average molecular weight is 658 g/mol. The summed E-state index contributed by atoms with van der Waals surface area (Å²) in [7, 11) is -4.30. The number of ether oxygens (including phenoxy) is 2. The van der Waals surface area contributed by atoms with Crippen molar-refractivity contribution in [1.82, 2.24) is 24.6 Å². The normalized spacial score (nSPS) is 23.1. The van der Waals surface area contributed by atoms with Gasteiger partial charge in [-0.3, -0.25) is 13.9 Å². The smallest absolute Gasteiger partial charge is 0.459 e. The molecule has 1 aromatic carbocycles. The van der Waals surface area contributed by atoms with Crippen LogP contribution in [0.4, 0.5) is 5.82 Å². The molecule has 1 aliphatic rings. The van der Waals surface area contributed by atoms with Gasteiger partial charge in [-0.2, -0.15) is 15.1 Å². The van der Waals surface area contributed by atoms with E-state index >= 15 is 0 Å². The van der Waals surface area contributed by atoms with Crippen molar-refractivity contribution >= 4 is 58.2 Å². The van der Waals surface area contributed by atoms with Crippen LogP contribution in [0.5, 0.6) is 5.75 Å². The predicted molar refractivity (Wildman–Crippen MR) is 149 cm³/mol. The van der Waals surface area contributed by atoms with Crippen LogP contribution >= 0.6 is 35.3 Å². The molecule has 0 radical (unpaired) electrons. The molecular weight excluding hydrogens is 631 g/mol. The summed E-state index contributed by atoms with van der Waals surface area (Å²) in [5.41, 5.74) is 4.69. The van der Waals surface area contributed by atoms with Crippen LogP contribution in [-0.4, -0.2) is 61.1 Å². The van der Waals surface area contributed by atoms with Crippen LogP contribution in [0.3, 0.4) is 0 Å². The number of nitrogens with zero attached hydrogens (tertiary/aromatic N) is 4. The zero-order chi connectivity index (χ0) is 29.2. The maximum atomic E-state index is 13.9. The number of aromatic nitrogens is 4. The number of terminal acetylenes is 1. The highest BCUT2D eigenvalue weighted by molar-refractivity contribution is 9.10. The van der Waals surface area contributed by atoms with Gasteiger partial charge in [-0.05, 0) is 56.6 Å². The van der Waals surface area contributed by atoms with Crippen molar-refractivity contribution in [3.8, 4) is 18.1 Å². The van der Waals surface area contributed by atoms with Crippen molar-refractivity contribution in [2.24, 2.45) is 0 Å². The third-order valence-electron chi connectivity index (χ3n) is 5.83. The lowest BCUT2D eigenvalue weighted by atomic mass is 9.99. The molecular formula is C24H27BrClN6O7P. The molecule has 16 heteroatoms. The van der Waals surface area contributed by atoms with Crippen molar-refractivity contribution in [2.75, 3.05) is 12.3 Å². The van der Waals surface area contributed by atoms with Crippen LogP contribution in [0.25, 0.3) is 11.2 Å². The summed E-state index contributed by atoms with van der Waals surface area (Å²) in [6.07, 6.45) is 4.69. The van der Waals surface area contributed by atoms with E-state index in [0.29, 0.717) is 0 Å². The highest BCUT2D eigenvalue weighted by atomic mass is 79.9. The van der Waals surface area contributed by atoms with Crippen molar-refractivity contribution in [3.63, 3.8) is 0 Å². The topological polar surface area (TPSA) is 173 Å². The number of benzene rings is 1. The van der Waals surface area contributed by atoms with Crippen LogP contribution in [0.1, 0.15) is 33.4 Å². The number of rotatable bonds is 10. The molecule has 40 heavy (non-hydrogen) atoms. The quantitative estimate of drug-likeness (QED) is 0.125. The Balaban J connectivity index is 1.58. The van der Waals surface area contributed by atoms with Crippen molar-refractivity contribution in [2.45, 2.75) is 57.3 Å². The summed E-state index contributed by atoms with van der Waals surface area (Å²) < 4.78 is 38.8. The summed E-state index contributed by atoms with van der Waals surface area (Å²) in [5, 5.41) is 13.5. The van der Waals surface area contributed by atoms with Gasteiger partial charge in [-0.15, -0.1) is 6.42 Å². The first kappa shape index (κ1) is 30.2. The van der Waals surface area contributed by atoms with Crippen molar-refractivity contribution < 1.29 is 33.0 Å². The first-order valence-corrected chi connectivity index (χ1v) is 14.7. The zero-order valence-corrected chi connectivity index (χ0v) is 24.9. The molecule has 4 rings (SSSR count). The van der Waals surface area contributed by atoms with Gasteiger partial charge in [0.05, 0.1) is 12.4 Å². The van der Waals surface area contributed by atoms with Gasteiger partial charge >= 0.3 is 13.7 Å². The maximum absolute atomic E-state index is 13.9. The maximum Gasteiger partial charge on any atom is 0.459 e. The Labute approximate surface area is 243 Å². The highest BCUT2D eigenvalue weighted by Crippen LogP contribution is 2.48. The lowest BCUT2D eigenvalue weighted by Crippen LogP contribution is -2.44. The fourth-order valence-corrected chi connectivity index (χ4v) is 5.83. The van der Waals surface area contributed by atoms with Gasteiger partial charge < -0.3 is 24.8 Å². The van der Waals surface area contributed by atoms with E-state index in [9.17, 15) is 14.5 Å². The minimum atomic E-state index is -4.30. The molecule has 0 spiro atoms. The van der Waals surface area contributed by atoms with Gasteiger partial charge in [0.2, 0.25) is 5.28 Å². The number of carbonyl (C=O) groups excluding carboxylic acids is 1. The average Bonchev–Trinajstić information content (AvgIpc) is 3.45. The highest BCUT2D eigenvalue weighted by Gasteiger charge is 2.50. The van der Waals surface area contributed by atoms with Gasteiger partial charge in [-0.1, -0.05) is 21.9 Å². The van der Waals surface area contributed by atoms with E-state index in [1.807, 2.05) is 0 Å². The molecule has 13 nitrogen and oxygen atoms in total. The van der Waals surface area contributed by atoms with Crippen LogP contribution < -0.4 is 15.3 Å². The summed E-state index contributed by atoms with van der Waals surface area (Å²) in [6, 6.07) is 5.36. The van der Waals surface area contributed by atoms with Gasteiger partial charge in [-0.25, -0.2) is 9.55 Å². The van der Waals surface area contributed by atoms with Gasteiger partial charge in [0, 0.05) is 10.9 Å². The number of hydrogen-bond donors (Lipinski definition) is 3. The molecule has 0 amide bonds. The predicted octanol–water partition coefficient (Wildman–Crippen LogP) is 3.61. The SMILES string of the molecule is C#C[C@]1(COP(=O)(N[C@H](C)C(=O)OC(C)C)Oc2ccc(Br)cc2)O[C@@H](n2cnc3c(N)nc(Cl)nc32)C[C@@H]1O. The van der Waals surface area contributed by atoms with Crippen LogP contribution in [-0.2, 0) is 23.4 Å². The van der Waals surface area contributed by atoms with Gasteiger partial charge in [0.25, 0.3) is 0 Å². The molecule has 1 saturated heterocycles. The molecule has 5 atom stereocenters. The first-order chi connectivity index (χ1) is 18.8. The Morgan fingerprint density at radius 2 is 2.10 bits per heavy atom. The van der Waals surface area contributed by atoms with Crippen LogP contribution in [0, 0.1) is 12.3 Å². The number of halogens is 2. The standard InChI is InChI=1S/C24H27BrClN6O7P/c1-5-24(17(33)10-18(38-24)32-12-28-19-20(27)29-23(26)30-21(19)32)11-36-40(35,31-14(4)22(34)37-13(2)3)39-16-8-6-15(25)7-9-16/h1,6-9,12-14,17-18,33H,10-11H2,2-4H3,(H,31,35)(H2,27,29,30)/t14-,17+,18-,24-,40?/m1/s1. The second-order valence-electron chi connectivity index (χ2n) is 9.21. The largest absolute Gasteiger partial charge is 0.462 e. The molecule has 0 bridgehead atoms. The Morgan fingerprint density at radius 3 is 2.75 bits per heavy atom. The lowest BCUT2D eigenvalue weighted by Gasteiger charge is -2.29. The Hall–Kier alpha value is -2.76. The number of hydrogen-bond acceptors (Lipinski definition) is 11. The molecule has 4 N–H and O–H groups in total. The molecule has 1 aliphatic heterocycles. The molecule has 0 aliphatic carbocycles. The number of nitrogen functional groups attached to an aromatic ring is 1. The third-order valence-corrected chi connectivity index (χ3v) is 8.15. The molecule has 1 unspecified atom stereocenters. The minimum absolute atomic E-state index is 0.00294. The number of imidazole rings is 1. The molecule has 1 fully saturated rings. The summed E-state index contributed by atoms with van der Waals surface area (Å²) in [4.78, 5) is 24.7. The minimum Gasteiger partial charge on any atom is -0.462 e. The van der Waals surface area contributed by atoms with E-state index in [2.05, 4.69) is 41.9 Å². The molecule has 0 saturated carbocycles. The Morgan fingerprint density at radius 1 is 1.40 bits per heavy atom. The Bertz CT molecular complexity index is 1480. The van der Waals surface area contributed by atoms with Crippen LogP contribution in [0.2, 0.25) is 5.28 Å². The Kier molecular flexibility index (Phi) is 9.06. The second kappa shape index (κ2) is 12.0. The number of nitrogens with one attached hydrogen (secondary N) is 1. The number of carbonyl (C=O) groups is 1. The summed E-state index contributed by atoms with van der Waals surface area (Å²) >= 11 is 9.29. The fourth-order valence-electron chi connectivity index (χ4n) is 3.87. The monoisotopic (exact) mass is 656 g/mol. The fraction of sp³-hybridized carbons (Fsp3) is 0.417. The number of nitrogens with two attached hydrogens (primary N) is 1. The van der Waals surface area contributed by atoms with Crippen molar-refractivity contribution in [1.29, 1.82) is 0 Å². The third kappa shape index (κ3) is 6.58. The number of aliphatic hydroxyl groups is 1. The number of aliphatic hydroxyl groups excluding tert-OH is 1. The number of esters is 1. The van der Waals surface area contributed by atoms with E-state index in [-0.39, 0.29) is 34.4 Å². The lowest BCUT2D eigenvalue weighted by molar-refractivity contribution is -0.149. The number of fused-ring (bicyclic) bond motifs is 1. The van der Waals surface area contributed by atoms with Crippen LogP contribution in [0.15, 0.2) is 35.1 Å². The van der Waals surface area contributed by atoms with E-state index in [1.54, 1.807) is 38.1 Å². The van der Waals surface area contributed by atoms with Crippen molar-refractivity contribution in [3.05, 3.63) is 40.3 Å². The summed E-state index contributed by atoms with van der Waals surface area (Å²) in [5.74, 6) is 2.00. The first-order valence-electron chi connectivity index (χ1n) is 12.0. The van der Waals surface area contributed by atoms with E-state index < -0.39 is 50.4 Å². The molecule has 3 aromatic rings. The molecule has 2 aromatic heterocycles. The van der Waals surface area contributed by atoms with Gasteiger partial charge in [0.1, 0.15) is 36.2 Å². The van der Waals surface area contributed by atoms with Gasteiger partial charge in [0.15, 0.2) is 17.1 Å². The summed E-state index contributed by atoms with van der Waals surface area (Å²) in [6.45, 7) is 4.24. The van der Waals surface area contributed by atoms with E-state index in [0.717, 1.165) is 4.47 Å². The van der Waals surface area contributed by atoms with E-state index in [1.165, 1.54) is 17.8 Å². The number of anilines is 1. The molecule has 3 heterocycles.